The van der Waals surface area contributed by atoms with Crippen molar-refractivity contribution in [3.8, 4) is 0 Å². The van der Waals surface area contributed by atoms with E-state index in [1.807, 2.05) is 19.2 Å². The van der Waals surface area contributed by atoms with E-state index in [9.17, 15) is 4.79 Å². The van der Waals surface area contributed by atoms with Crippen molar-refractivity contribution < 1.29 is 4.79 Å². The van der Waals surface area contributed by atoms with Crippen LogP contribution in [0.2, 0.25) is 0 Å². The Labute approximate surface area is 94.1 Å². The van der Waals surface area contributed by atoms with Gasteiger partial charge in [-0.05, 0) is 20.4 Å². The summed E-state index contributed by atoms with van der Waals surface area (Å²) in [6, 6.07) is 0. The standard InChI is InChI=1S/C10H17N3OS/c1-3-13(4-2)10(14)8-7-15-9(12-8)5-6-11/h7H,3-6,11H2,1-2H3. The van der Waals surface area contributed by atoms with E-state index < -0.39 is 0 Å². The van der Waals surface area contributed by atoms with Crippen LogP contribution in [0, 0.1) is 0 Å². The van der Waals surface area contributed by atoms with E-state index in [4.69, 9.17) is 5.73 Å². The number of hydrogen-bond acceptors (Lipinski definition) is 4. The Balaban J connectivity index is 2.73. The number of thiazole rings is 1. The molecule has 0 unspecified atom stereocenters. The Hall–Kier alpha value is -0.940. The van der Waals surface area contributed by atoms with Crippen LogP contribution in [0.1, 0.15) is 29.3 Å². The maximum absolute atomic E-state index is 11.9. The van der Waals surface area contributed by atoms with E-state index in [-0.39, 0.29) is 5.91 Å². The summed E-state index contributed by atoms with van der Waals surface area (Å²) >= 11 is 1.50. The number of hydrogen-bond donors (Lipinski definition) is 1. The van der Waals surface area contributed by atoms with Gasteiger partial charge in [0.1, 0.15) is 5.69 Å². The van der Waals surface area contributed by atoms with Crippen LogP contribution in [0.5, 0.6) is 0 Å². The van der Waals surface area contributed by atoms with E-state index in [2.05, 4.69) is 4.98 Å². The molecule has 0 bridgehead atoms. The monoisotopic (exact) mass is 227 g/mol. The van der Waals surface area contributed by atoms with Gasteiger partial charge >= 0.3 is 0 Å². The number of nitrogens with zero attached hydrogens (tertiary/aromatic N) is 2. The van der Waals surface area contributed by atoms with Crippen LogP contribution in [-0.2, 0) is 6.42 Å². The summed E-state index contributed by atoms with van der Waals surface area (Å²) in [6.07, 6.45) is 0.746. The van der Waals surface area contributed by atoms with E-state index in [0.717, 1.165) is 24.5 Å². The van der Waals surface area contributed by atoms with Crippen LogP contribution in [0.4, 0.5) is 0 Å². The van der Waals surface area contributed by atoms with Crippen LogP contribution in [0.15, 0.2) is 5.38 Å². The summed E-state index contributed by atoms with van der Waals surface area (Å²) in [5, 5.41) is 2.75. The number of amides is 1. The molecule has 1 aromatic heterocycles. The maximum atomic E-state index is 11.9. The highest BCUT2D eigenvalue weighted by molar-refractivity contribution is 7.09. The average Bonchev–Trinajstić information content (AvgIpc) is 2.68. The second kappa shape index (κ2) is 5.82. The zero-order chi connectivity index (χ0) is 11.3. The smallest absolute Gasteiger partial charge is 0.273 e. The van der Waals surface area contributed by atoms with Gasteiger partial charge in [0.2, 0.25) is 0 Å². The molecule has 1 aromatic rings. The Bertz CT molecular complexity index is 320. The van der Waals surface area contributed by atoms with Gasteiger partial charge in [0.15, 0.2) is 0 Å². The van der Waals surface area contributed by atoms with Gasteiger partial charge in [-0.15, -0.1) is 11.3 Å². The van der Waals surface area contributed by atoms with Crippen LogP contribution < -0.4 is 5.73 Å². The molecule has 0 saturated heterocycles. The normalized spacial score (nSPS) is 10.3. The highest BCUT2D eigenvalue weighted by Crippen LogP contribution is 2.12. The Morgan fingerprint density at radius 1 is 1.53 bits per heavy atom. The summed E-state index contributed by atoms with van der Waals surface area (Å²) in [5.41, 5.74) is 5.98. The molecule has 84 valence electrons. The van der Waals surface area contributed by atoms with Crippen molar-refractivity contribution in [1.82, 2.24) is 9.88 Å². The predicted octanol–water partition coefficient (Wildman–Crippen LogP) is 1.13. The summed E-state index contributed by atoms with van der Waals surface area (Å²) in [4.78, 5) is 17.9. The molecular formula is C10H17N3OS. The van der Waals surface area contributed by atoms with Crippen LogP contribution in [0.25, 0.3) is 0 Å². The summed E-state index contributed by atoms with van der Waals surface area (Å²) in [7, 11) is 0. The van der Waals surface area contributed by atoms with E-state index in [0.29, 0.717) is 12.2 Å². The van der Waals surface area contributed by atoms with Crippen LogP contribution >= 0.6 is 11.3 Å². The highest BCUT2D eigenvalue weighted by Gasteiger charge is 2.15. The third-order valence-corrected chi connectivity index (χ3v) is 3.09. The fraction of sp³-hybridized carbons (Fsp3) is 0.600. The topological polar surface area (TPSA) is 59.2 Å². The summed E-state index contributed by atoms with van der Waals surface area (Å²) in [6.45, 7) is 5.95. The Morgan fingerprint density at radius 2 is 2.20 bits per heavy atom. The van der Waals surface area contributed by atoms with Gasteiger partial charge in [-0.3, -0.25) is 4.79 Å². The number of rotatable bonds is 5. The zero-order valence-corrected chi connectivity index (χ0v) is 10.0. The first kappa shape index (κ1) is 12.1. The molecule has 0 radical (unpaired) electrons. The van der Waals surface area contributed by atoms with Crippen molar-refractivity contribution in [2.75, 3.05) is 19.6 Å². The molecule has 0 atom stereocenters. The molecule has 4 nitrogen and oxygen atoms in total. The van der Waals surface area contributed by atoms with Gasteiger partial charge < -0.3 is 10.6 Å². The number of aromatic nitrogens is 1. The fourth-order valence-electron chi connectivity index (χ4n) is 1.32. The second-order valence-electron chi connectivity index (χ2n) is 3.14. The third kappa shape index (κ3) is 3.00. The largest absolute Gasteiger partial charge is 0.338 e. The molecule has 1 rings (SSSR count). The second-order valence-corrected chi connectivity index (χ2v) is 4.09. The first-order valence-corrected chi connectivity index (χ1v) is 6.04. The number of nitrogens with two attached hydrogens (primary N) is 1. The fourth-order valence-corrected chi connectivity index (χ4v) is 2.11. The molecule has 0 spiro atoms. The molecule has 1 amide bonds. The minimum Gasteiger partial charge on any atom is -0.338 e. The highest BCUT2D eigenvalue weighted by atomic mass is 32.1. The lowest BCUT2D eigenvalue weighted by Gasteiger charge is -2.16. The summed E-state index contributed by atoms with van der Waals surface area (Å²) < 4.78 is 0. The van der Waals surface area contributed by atoms with Crippen molar-refractivity contribution in [1.29, 1.82) is 0 Å². The van der Waals surface area contributed by atoms with E-state index >= 15 is 0 Å². The van der Waals surface area contributed by atoms with Crippen molar-refractivity contribution in [3.63, 3.8) is 0 Å². The minimum atomic E-state index is 0.0134. The lowest BCUT2D eigenvalue weighted by atomic mass is 10.4. The van der Waals surface area contributed by atoms with Crippen LogP contribution in [-0.4, -0.2) is 35.4 Å². The molecule has 0 fully saturated rings. The van der Waals surface area contributed by atoms with Gasteiger partial charge in [0.25, 0.3) is 5.91 Å². The van der Waals surface area contributed by atoms with E-state index in [1.165, 1.54) is 11.3 Å². The summed E-state index contributed by atoms with van der Waals surface area (Å²) in [5.74, 6) is 0.0134. The maximum Gasteiger partial charge on any atom is 0.273 e. The number of carbonyl (C=O) groups excluding carboxylic acids is 1. The quantitative estimate of drug-likeness (QED) is 0.820. The van der Waals surface area contributed by atoms with Gasteiger partial charge in [0.05, 0.1) is 5.01 Å². The molecule has 0 aliphatic heterocycles. The molecule has 0 aromatic carbocycles. The van der Waals surface area contributed by atoms with Crippen LogP contribution in [0.3, 0.4) is 0 Å². The van der Waals surface area contributed by atoms with Crippen molar-refractivity contribution in [2.24, 2.45) is 5.73 Å². The van der Waals surface area contributed by atoms with Crippen molar-refractivity contribution in [2.45, 2.75) is 20.3 Å². The first-order valence-electron chi connectivity index (χ1n) is 5.16. The lowest BCUT2D eigenvalue weighted by molar-refractivity contribution is 0.0767. The number of carbonyl (C=O) groups is 1. The van der Waals surface area contributed by atoms with Gasteiger partial charge in [-0.25, -0.2) is 4.98 Å². The zero-order valence-electron chi connectivity index (χ0n) is 9.19. The SMILES string of the molecule is CCN(CC)C(=O)c1csc(CCN)n1. The molecule has 15 heavy (non-hydrogen) atoms. The third-order valence-electron chi connectivity index (χ3n) is 2.18. The molecule has 5 heteroatoms. The lowest BCUT2D eigenvalue weighted by Crippen LogP contribution is -2.30. The molecule has 0 aliphatic rings. The molecule has 1 heterocycles. The van der Waals surface area contributed by atoms with Gasteiger partial charge in [0, 0.05) is 24.9 Å². The Morgan fingerprint density at radius 3 is 2.73 bits per heavy atom. The van der Waals surface area contributed by atoms with Gasteiger partial charge in [-0.1, -0.05) is 0 Å². The molecule has 2 N–H and O–H groups in total. The molecular weight excluding hydrogens is 210 g/mol. The van der Waals surface area contributed by atoms with Gasteiger partial charge in [-0.2, -0.15) is 0 Å². The predicted molar refractivity (Wildman–Crippen MR) is 62.1 cm³/mol. The van der Waals surface area contributed by atoms with E-state index in [1.54, 1.807) is 4.90 Å². The average molecular weight is 227 g/mol. The molecule has 0 saturated carbocycles. The minimum absolute atomic E-state index is 0.0134. The van der Waals surface area contributed by atoms with Crippen molar-refractivity contribution in [3.05, 3.63) is 16.1 Å². The Kier molecular flexibility index (Phi) is 4.71. The van der Waals surface area contributed by atoms with Crippen molar-refractivity contribution >= 4 is 17.2 Å². The first-order chi connectivity index (χ1) is 7.22. The molecule has 0 aliphatic carbocycles.